The molecule has 4 rings (SSSR count). The molecule has 0 saturated carbocycles. The number of hydrogen-bond donors (Lipinski definition) is 1. The van der Waals surface area contributed by atoms with E-state index >= 15 is 0 Å². The van der Waals surface area contributed by atoms with Gasteiger partial charge in [-0.2, -0.15) is 0 Å². The number of nitrogens with zero attached hydrogens (tertiary/aromatic N) is 2. The van der Waals surface area contributed by atoms with Gasteiger partial charge in [0.1, 0.15) is 6.04 Å². The Labute approximate surface area is 250 Å². The summed E-state index contributed by atoms with van der Waals surface area (Å²) in [6, 6.07) is 21.7. The number of aliphatic carboxylic acids is 1. The van der Waals surface area contributed by atoms with E-state index in [0.717, 1.165) is 9.99 Å². The van der Waals surface area contributed by atoms with Gasteiger partial charge in [0, 0.05) is 33.2 Å². The minimum atomic E-state index is -4.47. The number of carbonyl (C=O) groups is 2. The summed E-state index contributed by atoms with van der Waals surface area (Å²) in [7, 11) is -4.47. The van der Waals surface area contributed by atoms with Crippen LogP contribution in [0.4, 0.5) is 11.4 Å². The summed E-state index contributed by atoms with van der Waals surface area (Å²) in [5, 5.41) is 11.4. The molecule has 0 spiro atoms. The third-order valence-corrected chi connectivity index (χ3v) is 9.03. The number of anilines is 2. The van der Waals surface area contributed by atoms with Crippen LogP contribution in [-0.2, 0) is 14.8 Å². The van der Waals surface area contributed by atoms with E-state index in [9.17, 15) is 23.1 Å². The molecule has 0 fully saturated rings. The van der Waals surface area contributed by atoms with Gasteiger partial charge in [-0.1, -0.05) is 85.4 Å². The number of fused-ring (bicyclic) bond motifs is 1. The summed E-state index contributed by atoms with van der Waals surface area (Å²) in [4.78, 5) is 27.8. The van der Waals surface area contributed by atoms with Crippen molar-refractivity contribution in [3.63, 3.8) is 0 Å². The Balaban J connectivity index is 1.96. The monoisotopic (exact) mass is 612 g/mol. The van der Waals surface area contributed by atoms with E-state index in [1.165, 1.54) is 18.2 Å². The fourth-order valence-electron chi connectivity index (χ4n) is 4.86. The molecule has 0 aromatic heterocycles. The van der Waals surface area contributed by atoms with E-state index in [1.807, 2.05) is 44.2 Å². The van der Waals surface area contributed by atoms with Gasteiger partial charge < -0.3 is 10.0 Å². The lowest BCUT2D eigenvalue weighted by molar-refractivity contribution is -0.138. The molecule has 0 saturated heterocycles. The predicted molar refractivity (Wildman–Crippen MR) is 165 cm³/mol. The lowest BCUT2D eigenvalue weighted by Crippen LogP contribution is -2.45. The quantitative estimate of drug-likeness (QED) is 0.188. The van der Waals surface area contributed by atoms with Crippen molar-refractivity contribution in [2.75, 3.05) is 15.7 Å². The summed E-state index contributed by atoms with van der Waals surface area (Å²) in [6.07, 6.45) is 1.23. The molecule has 1 N–H and O–H groups in total. The number of carbonyl (C=O) groups excluding carboxylic acids is 1. The highest BCUT2D eigenvalue weighted by molar-refractivity contribution is 7.93. The number of rotatable bonds is 11. The maximum atomic E-state index is 14.2. The number of unbranched alkanes of at least 4 members (excludes halogenated alkanes) is 1. The van der Waals surface area contributed by atoms with Gasteiger partial charge in [-0.25, -0.2) is 13.2 Å². The highest BCUT2D eigenvalue weighted by Gasteiger charge is 2.37. The fourth-order valence-corrected chi connectivity index (χ4v) is 7.25. The number of carboxylic acid groups (broad SMARTS) is 1. The number of amides is 1. The molecule has 7 nitrogen and oxygen atoms in total. The van der Waals surface area contributed by atoms with Gasteiger partial charge in [0.15, 0.2) is 0 Å². The molecule has 0 heterocycles. The molecule has 0 aliphatic rings. The Morgan fingerprint density at radius 1 is 0.854 bits per heavy atom. The van der Waals surface area contributed by atoms with Crippen LogP contribution in [-0.4, -0.2) is 38.0 Å². The van der Waals surface area contributed by atoms with Gasteiger partial charge in [-0.3, -0.25) is 9.10 Å². The standard InChI is InChI=1S/C31H30Cl2N2O5S/c1-3-5-16-29(31(37)38)35(41(39,40)24-19-21(32)18-22(33)20-24)28-17-10-13-25-26(28)14-9-15-27(25)30(36)34(4-2)23-11-7-6-8-12-23/h6-15,17-20,29H,3-5,16H2,1-2H3,(H,37,38). The molecule has 10 heteroatoms. The van der Waals surface area contributed by atoms with E-state index in [0.29, 0.717) is 35.7 Å². The van der Waals surface area contributed by atoms with Crippen LogP contribution in [0, 0.1) is 0 Å². The smallest absolute Gasteiger partial charge is 0.327 e. The van der Waals surface area contributed by atoms with Crippen molar-refractivity contribution in [3.05, 3.63) is 101 Å². The SMILES string of the molecule is CCCCC(C(=O)O)N(c1cccc2c(C(=O)N(CC)c3ccccc3)cccc12)S(=O)(=O)c1cc(Cl)cc(Cl)c1. The van der Waals surface area contributed by atoms with Crippen LogP contribution < -0.4 is 9.21 Å². The first kappa shape index (κ1) is 30.4. The largest absolute Gasteiger partial charge is 0.480 e. The predicted octanol–water partition coefficient (Wildman–Crippen LogP) is 7.65. The Kier molecular flexibility index (Phi) is 9.58. The topological polar surface area (TPSA) is 95.0 Å². The molecule has 41 heavy (non-hydrogen) atoms. The Morgan fingerprint density at radius 2 is 1.49 bits per heavy atom. The number of benzene rings is 4. The second-order valence-corrected chi connectivity index (χ2v) is 12.2. The molecule has 0 aliphatic carbocycles. The van der Waals surface area contributed by atoms with Crippen LogP contribution >= 0.6 is 23.2 Å². The van der Waals surface area contributed by atoms with Crippen LogP contribution in [0.15, 0.2) is 89.8 Å². The Bertz CT molecular complexity index is 1660. The minimum absolute atomic E-state index is 0.0754. The van der Waals surface area contributed by atoms with Gasteiger partial charge in [0.05, 0.1) is 10.6 Å². The molecule has 4 aromatic carbocycles. The number of para-hydroxylation sites is 1. The molecular weight excluding hydrogens is 583 g/mol. The van der Waals surface area contributed by atoms with Gasteiger partial charge in [-0.05, 0) is 61.2 Å². The molecule has 214 valence electrons. The zero-order chi connectivity index (χ0) is 29.7. The van der Waals surface area contributed by atoms with E-state index < -0.39 is 22.0 Å². The van der Waals surface area contributed by atoms with E-state index in [2.05, 4.69) is 0 Å². The highest BCUT2D eigenvalue weighted by Crippen LogP contribution is 2.37. The van der Waals surface area contributed by atoms with Crippen molar-refractivity contribution in [2.24, 2.45) is 0 Å². The third kappa shape index (κ3) is 6.35. The molecule has 1 unspecified atom stereocenters. The van der Waals surface area contributed by atoms with Crippen molar-refractivity contribution >= 4 is 67.2 Å². The number of halogens is 2. The van der Waals surface area contributed by atoms with Crippen molar-refractivity contribution in [1.29, 1.82) is 0 Å². The summed E-state index contributed by atoms with van der Waals surface area (Å²) < 4.78 is 29.4. The van der Waals surface area contributed by atoms with Crippen molar-refractivity contribution in [3.8, 4) is 0 Å². The molecule has 0 radical (unpaired) electrons. The van der Waals surface area contributed by atoms with Crippen LogP contribution in [0.5, 0.6) is 0 Å². The van der Waals surface area contributed by atoms with Gasteiger partial charge in [-0.15, -0.1) is 0 Å². The summed E-state index contributed by atoms with van der Waals surface area (Å²) in [5.41, 5.74) is 1.22. The number of hydrogen-bond acceptors (Lipinski definition) is 4. The van der Waals surface area contributed by atoms with Crippen molar-refractivity contribution in [2.45, 2.75) is 44.0 Å². The number of carboxylic acids is 1. The van der Waals surface area contributed by atoms with Crippen LogP contribution in [0.1, 0.15) is 43.5 Å². The molecule has 0 aliphatic heterocycles. The zero-order valence-corrected chi connectivity index (χ0v) is 25.0. The lowest BCUT2D eigenvalue weighted by Gasteiger charge is -2.31. The maximum Gasteiger partial charge on any atom is 0.327 e. The average Bonchev–Trinajstić information content (AvgIpc) is 2.95. The zero-order valence-electron chi connectivity index (χ0n) is 22.6. The maximum absolute atomic E-state index is 14.2. The molecule has 0 bridgehead atoms. The average molecular weight is 614 g/mol. The Hall–Kier alpha value is -3.59. The van der Waals surface area contributed by atoms with Gasteiger partial charge in [0.25, 0.3) is 15.9 Å². The lowest BCUT2D eigenvalue weighted by atomic mass is 10.0. The fraction of sp³-hybridized carbons (Fsp3) is 0.226. The molecule has 1 amide bonds. The summed E-state index contributed by atoms with van der Waals surface area (Å²) >= 11 is 12.3. The van der Waals surface area contributed by atoms with Crippen LogP contribution in [0.25, 0.3) is 10.8 Å². The first-order chi connectivity index (χ1) is 19.6. The normalized spacial score (nSPS) is 12.2. The molecule has 4 aromatic rings. The third-order valence-electron chi connectivity index (χ3n) is 6.79. The molecular formula is C31H30Cl2N2O5S. The van der Waals surface area contributed by atoms with Crippen molar-refractivity contribution in [1.82, 2.24) is 0 Å². The van der Waals surface area contributed by atoms with E-state index in [1.54, 1.807) is 41.3 Å². The number of sulfonamides is 1. The van der Waals surface area contributed by atoms with Crippen molar-refractivity contribution < 1.29 is 23.1 Å². The van der Waals surface area contributed by atoms with Crippen LogP contribution in [0.3, 0.4) is 0 Å². The summed E-state index contributed by atoms with van der Waals surface area (Å²) in [5.74, 6) is -1.56. The minimum Gasteiger partial charge on any atom is -0.480 e. The first-order valence-corrected chi connectivity index (χ1v) is 15.4. The first-order valence-electron chi connectivity index (χ1n) is 13.2. The molecule has 1 atom stereocenters. The van der Waals surface area contributed by atoms with Gasteiger partial charge in [0.2, 0.25) is 0 Å². The second-order valence-electron chi connectivity index (χ2n) is 9.47. The van der Waals surface area contributed by atoms with E-state index in [4.69, 9.17) is 23.2 Å². The highest BCUT2D eigenvalue weighted by atomic mass is 35.5. The summed E-state index contributed by atoms with van der Waals surface area (Å²) in [6.45, 7) is 4.18. The second kappa shape index (κ2) is 12.9. The van der Waals surface area contributed by atoms with Crippen LogP contribution in [0.2, 0.25) is 10.0 Å². The van der Waals surface area contributed by atoms with Gasteiger partial charge >= 0.3 is 5.97 Å². The Morgan fingerprint density at radius 3 is 2.10 bits per heavy atom. The van der Waals surface area contributed by atoms with E-state index in [-0.39, 0.29) is 33.0 Å².